The molecule has 1 amide bonds. The van der Waals surface area contributed by atoms with E-state index in [2.05, 4.69) is 10.0 Å². The number of carbonyl (C=O) groups excluding carboxylic acids is 3. The van der Waals surface area contributed by atoms with Crippen molar-refractivity contribution in [2.45, 2.75) is 24.8 Å². The minimum atomic E-state index is -3.71. The van der Waals surface area contributed by atoms with Crippen molar-refractivity contribution in [3.8, 4) is 0 Å². The highest BCUT2D eigenvalue weighted by Gasteiger charge is 2.21. The van der Waals surface area contributed by atoms with Crippen LogP contribution in [0.25, 0.3) is 0 Å². The summed E-state index contributed by atoms with van der Waals surface area (Å²) in [7, 11) is -2.45. The lowest BCUT2D eigenvalue weighted by Crippen LogP contribution is -2.30. The number of ketones is 1. The molecule has 0 saturated carbocycles. The van der Waals surface area contributed by atoms with Gasteiger partial charge in [0.15, 0.2) is 11.9 Å². The number of rotatable bonds is 7. The molecule has 0 heterocycles. The Bertz CT molecular complexity index is 999. The molecule has 0 aromatic heterocycles. The molecule has 148 valence electrons. The van der Waals surface area contributed by atoms with Crippen molar-refractivity contribution in [3.05, 3.63) is 59.7 Å². The first-order valence-corrected chi connectivity index (χ1v) is 9.79. The molecule has 28 heavy (non-hydrogen) atoms. The number of sulfonamides is 1. The first kappa shape index (κ1) is 21.3. The first-order chi connectivity index (χ1) is 13.1. The van der Waals surface area contributed by atoms with Crippen LogP contribution in [0.5, 0.6) is 0 Å². The minimum absolute atomic E-state index is 0.00165. The maximum absolute atomic E-state index is 12.2. The fourth-order valence-electron chi connectivity index (χ4n) is 2.22. The van der Waals surface area contributed by atoms with Gasteiger partial charge in [-0.15, -0.1) is 0 Å². The zero-order chi connectivity index (χ0) is 20.9. The Labute approximate surface area is 163 Å². The normalized spacial score (nSPS) is 12.1. The second-order valence-corrected chi connectivity index (χ2v) is 7.79. The molecule has 0 aliphatic rings. The van der Waals surface area contributed by atoms with Gasteiger partial charge in [-0.1, -0.05) is 6.07 Å². The van der Waals surface area contributed by atoms with E-state index in [0.29, 0.717) is 11.3 Å². The van der Waals surface area contributed by atoms with Gasteiger partial charge in [-0.05, 0) is 63.4 Å². The van der Waals surface area contributed by atoms with Gasteiger partial charge >= 0.3 is 5.97 Å². The third kappa shape index (κ3) is 5.24. The number of benzene rings is 2. The Morgan fingerprint density at radius 3 is 2.21 bits per heavy atom. The number of hydrogen-bond acceptors (Lipinski definition) is 6. The molecule has 1 unspecified atom stereocenters. The van der Waals surface area contributed by atoms with Gasteiger partial charge in [0.05, 0.1) is 10.5 Å². The maximum Gasteiger partial charge on any atom is 0.338 e. The number of hydrogen-bond donors (Lipinski definition) is 2. The van der Waals surface area contributed by atoms with Crippen molar-refractivity contribution in [3.63, 3.8) is 0 Å². The summed E-state index contributed by atoms with van der Waals surface area (Å²) in [6.45, 7) is 2.83. The maximum atomic E-state index is 12.2. The molecule has 0 saturated heterocycles. The number of carbonyl (C=O) groups is 3. The van der Waals surface area contributed by atoms with Crippen LogP contribution in [-0.2, 0) is 19.6 Å². The smallest absolute Gasteiger partial charge is 0.338 e. The van der Waals surface area contributed by atoms with Gasteiger partial charge in [0.2, 0.25) is 10.0 Å². The molecule has 0 fully saturated rings. The lowest BCUT2D eigenvalue weighted by molar-refractivity contribution is -0.123. The van der Waals surface area contributed by atoms with Gasteiger partial charge < -0.3 is 10.1 Å². The average Bonchev–Trinajstić information content (AvgIpc) is 2.68. The predicted octanol–water partition coefficient (Wildman–Crippen LogP) is 1.98. The Morgan fingerprint density at radius 1 is 1.00 bits per heavy atom. The van der Waals surface area contributed by atoms with Crippen LogP contribution in [0.1, 0.15) is 34.6 Å². The molecular formula is C19H20N2O6S. The van der Waals surface area contributed by atoms with Crippen LogP contribution in [0.15, 0.2) is 53.4 Å². The molecule has 2 aromatic carbocycles. The van der Waals surface area contributed by atoms with Crippen molar-refractivity contribution >= 4 is 33.4 Å². The standard InChI is InChI=1S/C19H20N2O6S/c1-12(22)14-7-9-16(10-8-14)21-18(23)13(2)27-19(24)15-5-4-6-17(11-15)28(25,26)20-3/h4-11,13,20H,1-3H3,(H,21,23). The molecule has 2 N–H and O–H groups in total. The zero-order valence-electron chi connectivity index (χ0n) is 15.6. The van der Waals surface area contributed by atoms with E-state index in [4.69, 9.17) is 4.74 Å². The predicted molar refractivity (Wildman–Crippen MR) is 103 cm³/mol. The lowest BCUT2D eigenvalue weighted by Gasteiger charge is -2.14. The first-order valence-electron chi connectivity index (χ1n) is 8.30. The van der Waals surface area contributed by atoms with Gasteiger partial charge in [-0.2, -0.15) is 0 Å². The van der Waals surface area contributed by atoms with E-state index in [1.165, 1.54) is 45.2 Å². The van der Waals surface area contributed by atoms with E-state index >= 15 is 0 Å². The molecule has 0 radical (unpaired) electrons. The van der Waals surface area contributed by atoms with E-state index in [0.717, 1.165) is 0 Å². The van der Waals surface area contributed by atoms with Crippen LogP contribution in [0.4, 0.5) is 5.69 Å². The van der Waals surface area contributed by atoms with Gasteiger partial charge in [-0.25, -0.2) is 17.9 Å². The number of esters is 1. The summed E-state index contributed by atoms with van der Waals surface area (Å²) in [6.07, 6.45) is -1.12. The lowest BCUT2D eigenvalue weighted by atomic mass is 10.1. The van der Waals surface area contributed by atoms with Crippen molar-refractivity contribution in [1.29, 1.82) is 0 Å². The SMILES string of the molecule is CNS(=O)(=O)c1cccc(C(=O)OC(C)C(=O)Nc2ccc(C(C)=O)cc2)c1. The number of ether oxygens (including phenoxy) is 1. The van der Waals surface area contributed by atoms with Crippen LogP contribution in [0.3, 0.4) is 0 Å². The van der Waals surface area contributed by atoms with Gasteiger partial charge in [0, 0.05) is 11.3 Å². The summed E-state index contributed by atoms with van der Waals surface area (Å²) in [6, 6.07) is 11.6. The van der Waals surface area contributed by atoms with Crippen LogP contribution >= 0.6 is 0 Å². The van der Waals surface area contributed by atoms with Crippen molar-refractivity contribution in [2.24, 2.45) is 0 Å². The fraction of sp³-hybridized carbons (Fsp3) is 0.211. The van der Waals surface area contributed by atoms with Crippen LogP contribution in [-0.4, -0.2) is 39.2 Å². The molecule has 2 aromatic rings. The summed E-state index contributed by atoms with van der Waals surface area (Å²) in [5.74, 6) is -1.49. The second-order valence-electron chi connectivity index (χ2n) is 5.91. The topological polar surface area (TPSA) is 119 Å². The highest BCUT2D eigenvalue weighted by Crippen LogP contribution is 2.14. The van der Waals surface area contributed by atoms with Crippen LogP contribution < -0.4 is 10.0 Å². The third-order valence-corrected chi connectivity index (χ3v) is 5.27. The Balaban J connectivity index is 2.04. The summed E-state index contributed by atoms with van der Waals surface area (Å²) in [5.41, 5.74) is 0.954. The molecule has 0 bridgehead atoms. The molecule has 0 aliphatic heterocycles. The third-order valence-electron chi connectivity index (χ3n) is 3.86. The molecule has 9 heteroatoms. The summed E-state index contributed by atoms with van der Waals surface area (Å²) < 4.78 is 30.9. The van der Waals surface area contributed by atoms with Crippen LogP contribution in [0, 0.1) is 0 Å². The van der Waals surface area contributed by atoms with Gasteiger partial charge in [-0.3, -0.25) is 9.59 Å². The molecule has 8 nitrogen and oxygen atoms in total. The number of Topliss-reactive ketones (excluding diaryl/α,β-unsaturated/α-hetero) is 1. The summed E-state index contributed by atoms with van der Waals surface area (Å²) >= 11 is 0. The highest BCUT2D eigenvalue weighted by atomic mass is 32.2. The molecule has 0 spiro atoms. The molecule has 2 rings (SSSR count). The number of nitrogens with one attached hydrogen (secondary N) is 2. The summed E-state index contributed by atoms with van der Waals surface area (Å²) in [4.78, 5) is 35.6. The van der Waals surface area contributed by atoms with Crippen molar-refractivity contribution in [1.82, 2.24) is 4.72 Å². The Hall–Kier alpha value is -3.04. The summed E-state index contributed by atoms with van der Waals surface area (Å²) in [5, 5.41) is 2.58. The quantitative estimate of drug-likeness (QED) is 0.538. The van der Waals surface area contributed by atoms with Gasteiger partial charge in [0.25, 0.3) is 5.91 Å². The zero-order valence-corrected chi connectivity index (χ0v) is 16.4. The van der Waals surface area contributed by atoms with Crippen LogP contribution in [0.2, 0.25) is 0 Å². The number of amides is 1. The Morgan fingerprint density at radius 2 is 1.64 bits per heavy atom. The molecule has 1 atom stereocenters. The van der Waals surface area contributed by atoms with E-state index in [1.54, 1.807) is 24.3 Å². The van der Waals surface area contributed by atoms with E-state index in [1.807, 2.05) is 0 Å². The van der Waals surface area contributed by atoms with E-state index < -0.39 is 28.0 Å². The minimum Gasteiger partial charge on any atom is -0.449 e. The number of anilines is 1. The van der Waals surface area contributed by atoms with Crippen molar-refractivity contribution in [2.75, 3.05) is 12.4 Å². The second kappa shape index (κ2) is 8.77. The fourth-order valence-corrected chi connectivity index (χ4v) is 3.00. The Kier molecular flexibility index (Phi) is 6.66. The monoisotopic (exact) mass is 404 g/mol. The highest BCUT2D eigenvalue weighted by molar-refractivity contribution is 7.89. The largest absolute Gasteiger partial charge is 0.449 e. The van der Waals surface area contributed by atoms with E-state index in [9.17, 15) is 22.8 Å². The molecule has 0 aliphatic carbocycles. The van der Waals surface area contributed by atoms with E-state index in [-0.39, 0.29) is 16.2 Å². The molecular weight excluding hydrogens is 384 g/mol. The average molecular weight is 404 g/mol. The van der Waals surface area contributed by atoms with Crippen molar-refractivity contribution < 1.29 is 27.5 Å². The van der Waals surface area contributed by atoms with Gasteiger partial charge in [0.1, 0.15) is 0 Å².